The molecular formula is C64H65N3O. The summed E-state index contributed by atoms with van der Waals surface area (Å²) in [6.07, 6.45) is 1.67. The Morgan fingerprint density at radius 1 is 0.574 bits per heavy atom. The molecule has 2 aromatic heterocycles. The number of aromatic hydroxyl groups is 1. The van der Waals surface area contributed by atoms with Crippen molar-refractivity contribution in [2.45, 2.75) is 105 Å². The third kappa shape index (κ3) is 9.05. The summed E-state index contributed by atoms with van der Waals surface area (Å²) in [5.74, 6) is -3.33. The van der Waals surface area contributed by atoms with Crippen LogP contribution in [0.4, 0.5) is 0 Å². The summed E-state index contributed by atoms with van der Waals surface area (Å²) < 4.78 is 196. The van der Waals surface area contributed by atoms with Crippen molar-refractivity contribution in [1.82, 2.24) is 14.5 Å². The predicted octanol–water partition coefficient (Wildman–Crippen LogP) is 17.6. The van der Waals surface area contributed by atoms with E-state index in [0.29, 0.717) is 50.7 Å². The Kier molecular flexibility index (Phi) is 6.97. The van der Waals surface area contributed by atoms with Crippen molar-refractivity contribution in [3.8, 4) is 78.6 Å². The van der Waals surface area contributed by atoms with Crippen LogP contribution in [0.5, 0.6) is 5.75 Å². The highest BCUT2D eigenvalue weighted by Gasteiger charge is 2.29. The van der Waals surface area contributed by atoms with E-state index in [4.69, 9.17) is 36.0 Å². The largest absolute Gasteiger partial charge is 0.507 e. The van der Waals surface area contributed by atoms with Gasteiger partial charge in [0.25, 0.3) is 0 Å². The second-order valence-electron chi connectivity index (χ2n) is 18.1. The zero-order valence-corrected chi connectivity index (χ0v) is 38.4. The number of phenolic OH excluding ortho intramolecular Hbond substituents is 1. The summed E-state index contributed by atoms with van der Waals surface area (Å²) in [6, 6.07) is 42.1. The van der Waals surface area contributed by atoms with Crippen molar-refractivity contribution in [3.63, 3.8) is 0 Å². The third-order valence-electron chi connectivity index (χ3n) is 12.4. The molecule has 0 aliphatic heterocycles. The van der Waals surface area contributed by atoms with Gasteiger partial charge in [0, 0.05) is 53.0 Å². The number of benzene rings is 7. The van der Waals surface area contributed by atoms with Gasteiger partial charge in [-0.15, -0.1) is 0 Å². The van der Waals surface area contributed by atoms with Gasteiger partial charge >= 0.3 is 0 Å². The molecule has 68 heavy (non-hydrogen) atoms. The standard InChI is InChI=1S/C64H65N3O/c1-39(2)47-30-48(40(3)4)32-50(31-47)45-25-26-58(42(6)29-45)67-59-20-16-19-54(60(59)66-62(67)55-37-53(63(7,8)9)38-56(61(55)68)64(10,11)12)51-33-49(43-17-14-13-15-18-43)34-52(35-51)57-36-46(27-28-65-57)44-23-21-41(5)22-24-44/h13-40,68H,1-12H3/i6D3,7D3,8D3,9D3,10D3,11D3,12D3,39D. The number of phenols is 1. The van der Waals surface area contributed by atoms with Crippen LogP contribution in [0.3, 0.4) is 0 Å². The number of nitrogens with zero attached hydrogens (tertiary/aromatic N) is 3. The van der Waals surface area contributed by atoms with Crippen molar-refractivity contribution < 1.29 is 35.3 Å². The van der Waals surface area contributed by atoms with Gasteiger partial charge < -0.3 is 5.11 Å². The molecule has 7 aromatic carbocycles. The molecule has 4 nitrogen and oxygen atoms in total. The van der Waals surface area contributed by atoms with Gasteiger partial charge in [-0.05, 0) is 152 Å². The van der Waals surface area contributed by atoms with Crippen molar-refractivity contribution in [1.29, 1.82) is 0 Å². The maximum Gasteiger partial charge on any atom is 0.149 e. The Morgan fingerprint density at radius 2 is 1.25 bits per heavy atom. The molecule has 0 aliphatic carbocycles. The first-order valence-electron chi connectivity index (χ1n) is 33.3. The summed E-state index contributed by atoms with van der Waals surface area (Å²) in [4.78, 5) is 9.89. The lowest BCUT2D eigenvalue weighted by Gasteiger charge is -2.27. The van der Waals surface area contributed by atoms with Gasteiger partial charge in [-0.25, -0.2) is 4.98 Å². The molecule has 0 spiro atoms. The van der Waals surface area contributed by atoms with Crippen molar-refractivity contribution in [2.24, 2.45) is 0 Å². The average Bonchev–Trinajstić information content (AvgIpc) is 0.770. The molecule has 2 heterocycles. The molecule has 0 saturated heterocycles. The number of fused-ring (bicyclic) bond motifs is 1. The first-order valence-corrected chi connectivity index (χ1v) is 22.3. The third-order valence-corrected chi connectivity index (χ3v) is 12.4. The first kappa shape index (κ1) is 26.5. The van der Waals surface area contributed by atoms with E-state index < -0.39 is 98.5 Å². The van der Waals surface area contributed by atoms with E-state index in [2.05, 4.69) is 0 Å². The summed E-state index contributed by atoms with van der Waals surface area (Å²) >= 11 is 0. The second kappa shape index (κ2) is 17.9. The normalized spacial score (nSPS) is 18.4. The van der Waals surface area contributed by atoms with Crippen LogP contribution in [0.25, 0.3) is 83.9 Å². The van der Waals surface area contributed by atoms with Crippen molar-refractivity contribution in [3.05, 3.63) is 191 Å². The van der Waals surface area contributed by atoms with Crippen molar-refractivity contribution >= 4 is 11.0 Å². The Hall–Kier alpha value is -7.04. The molecule has 0 amide bonds. The van der Waals surface area contributed by atoms with Crippen LogP contribution < -0.4 is 0 Å². The van der Waals surface area contributed by atoms with Crippen LogP contribution in [0, 0.1) is 13.8 Å². The fourth-order valence-electron chi connectivity index (χ4n) is 8.66. The SMILES string of the molecule is [2H]C([2H])([2H])c1cc(-c2cc(C(C)C)cc(C([2H])(C)C)c2)ccc1-n1c(-c2cc(C(C([2H])([2H])[2H])(C([2H])([2H])[2H])C([2H])([2H])[2H])cc(C(C([2H])([2H])[2H])(C([2H])([2H])[2H])C([2H])([2H])[2H])c2O)nc2c(-c3cc(-c4ccccc4)cc(-c4cc(-c5ccc(C)cc5)ccn4)c3)cccc21. The molecule has 0 atom stereocenters. The smallest absolute Gasteiger partial charge is 0.149 e. The highest BCUT2D eigenvalue weighted by molar-refractivity contribution is 5.98. The van der Waals surface area contributed by atoms with Gasteiger partial charge in [0.2, 0.25) is 0 Å². The van der Waals surface area contributed by atoms with Crippen LogP contribution >= 0.6 is 0 Å². The fourth-order valence-corrected chi connectivity index (χ4v) is 8.66. The topological polar surface area (TPSA) is 50.9 Å². The lowest BCUT2D eigenvalue weighted by molar-refractivity contribution is 0.446. The van der Waals surface area contributed by atoms with E-state index in [1.165, 1.54) is 22.8 Å². The minimum Gasteiger partial charge on any atom is -0.507 e. The molecule has 0 bridgehead atoms. The van der Waals surface area contributed by atoms with Crippen LogP contribution in [0.15, 0.2) is 158 Å². The molecular weight excluding hydrogens is 827 g/mol. The van der Waals surface area contributed by atoms with E-state index in [1.807, 2.05) is 118 Å². The van der Waals surface area contributed by atoms with Crippen LogP contribution in [-0.2, 0) is 10.8 Å². The molecule has 0 aliphatic rings. The quantitative estimate of drug-likeness (QED) is 0.157. The average molecular weight is 914 g/mol. The summed E-state index contributed by atoms with van der Waals surface area (Å²) in [5.41, 5.74) is -4.42. The summed E-state index contributed by atoms with van der Waals surface area (Å²) in [7, 11) is 0. The number of pyridine rings is 1. The van der Waals surface area contributed by atoms with Crippen LogP contribution in [0.1, 0.15) is 144 Å². The molecule has 4 heteroatoms. The molecule has 0 fully saturated rings. The van der Waals surface area contributed by atoms with Gasteiger partial charge in [0.1, 0.15) is 11.6 Å². The Bertz CT molecular complexity index is 4100. The molecule has 342 valence electrons. The molecule has 9 rings (SSSR count). The number of aromatic nitrogens is 3. The van der Waals surface area contributed by atoms with E-state index in [1.54, 1.807) is 44.3 Å². The number of rotatable bonds is 9. The number of hydrogen-bond donors (Lipinski definition) is 1. The number of para-hydroxylation sites is 1. The second-order valence-corrected chi connectivity index (χ2v) is 18.1. The predicted molar refractivity (Wildman–Crippen MR) is 288 cm³/mol. The number of hydrogen-bond acceptors (Lipinski definition) is 3. The molecule has 0 unspecified atom stereocenters. The zero-order valence-electron chi connectivity index (χ0n) is 60.4. The van der Waals surface area contributed by atoms with E-state index in [9.17, 15) is 9.22 Å². The van der Waals surface area contributed by atoms with Crippen LogP contribution in [0.2, 0.25) is 0 Å². The Morgan fingerprint density at radius 3 is 1.97 bits per heavy atom. The van der Waals surface area contributed by atoms with Gasteiger partial charge in [0.05, 0.1) is 28.0 Å². The molecule has 1 N–H and O–H groups in total. The highest BCUT2D eigenvalue weighted by Crippen LogP contribution is 2.45. The number of aryl methyl sites for hydroxylation is 2. The lowest BCUT2D eigenvalue weighted by atomic mass is 9.79. The van der Waals surface area contributed by atoms with Gasteiger partial charge in [-0.1, -0.05) is 171 Å². The number of imidazole rings is 1. The highest BCUT2D eigenvalue weighted by atomic mass is 16.3. The monoisotopic (exact) mass is 914 g/mol. The Labute approximate surface area is 435 Å². The molecule has 9 aromatic rings. The molecule has 0 radical (unpaired) electrons. The minimum absolute atomic E-state index is 0.0146. The fraction of sp³-hybridized carbons (Fsp3) is 0.250. The Balaban J connectivity index is 1.50. The molecule has 0 saturated carbocycles. The van der Waals surface area contributed by atoms with Crippen LogP contribution in [-0.4, -0.2) is 19.6 Å². The lowest BCUT2D eigenvalue weighted by Crippen LogP contribution is -2.17. The maximum atomic E-state index is 13.1. The first-order chi connectivity index (χ1) is 41.3. The summed E-state index contributed by atoms with van der Waals surface area (Å²) in [5, 5.41) is 13.1. The summed E-state index contributed by atoms with van der Waals surface area (Å²) in [6.45, 7) is -18.9. The van der Waals surface area contributed by atoms with Gasteiger partial charge in [-0.3, -0.25) is 9.55 Å². The minimum atomic E-state index is -4.25. The zero-order chi connectivity index (χ0) is 66.7. The van der Waals surface area contributed by atoms with Gasteiger partial charge in [0.15, 0.2) is 0 Å². The maximum absolute atomic E-state index is 13.1. The van der Waals surface area contributed by atoms with Crippen molar-refractivity contribution in [2.75, 3.05) is 0 Å². The van der Waals surface area contributed by atoms with Gasteiger partial charge in [-0.2, -0.15) is 0 Å². The van der Waals surface area contributed by atoms with E-state index >= 15 is 0 Å². The van der Waals surface area contributed by atoms with E-state index in [-0.39, 0.29) is 28.7 Å². The van der Waals surface area contributed by atoms with E-state index in [0.717, 1.165) is 27.8 Å².